The van der Waals surface area contributed by atoms with Crippen LogP contribution in [0.1, 0.15) is 31.2 Å². The highest BCUT2D eigenvalue weighted by atomic mass is 17.4. The zero-order chi connectivity index (χ0) is 17.2. The highest BCUT2D eigenvalue weighted by Crippen LogP contribution is 2.32. The van der Waals surface area contributed by atoms with Crippen LogP contribution in [-0.2, 0) is 25.9 Å². The number of nitrogens with zero attached hydrogens (tertiary/aromatic N) is 2. The van der Waals surface area contributed by atoms with Gasteiger partial charge >= 0.3 is 6.09 Å². The second-order valence-electron chi connectivity index (χ2n) is 6.69. The molecule has 0 aliphatic carbocycles. The molecule has 7 nitrogen and oxygen atoms in total. The van der Waals surface area contributed by atoms with Gasteiger partial charge in [-0.05, 0) is 31.2 Å². The minimum absolute atomic E-state index is 0.0178. The number of benzene rings is 1. The van der Waals surface area contributed by atoms with Crippen molar-refractivity contribution in [3.63, 3.8) is 0 Å². The average Bonchev–Trinajstić information content (AvgIpc) is 3.17. The first-order valence-corrected chi connectivity index (χ1v) is 8.84. The summed E-state index contributed by atoms with van der Waals surface area (Å²) in [5.74, 6) is -0.0178. The van der Waals surface area contributed by atoms with Crippen molar-refractivity contribution in [2.45, 2.75) is 50.7 Å². The van der Waals surface area contributed by atoms with Gasteiger partial charge in [-0.25, -0.2) is 4.79 Å². The first-order chi connectivity index (χ1) is 12.2. The van der Waals surface area contributed by atoms with Crippen molar-refractivity contribution in [1.82, 2.24) is 9.80 Å². The predicted octanol–water partition coefficient (Wildman–Crippen LogP) is 2.07. The normalized spacial score (nSPS) is 26.1. The van der Waals surface area contributed by atoms with Crippen LogP contribution >= 0.6 is 0 Å². The summed E-state index contributed by atoms with van der Waals surface area (Å²) in [7, 11) is 0. The molecule has 2 atom stereocenters. The number of amides is 2. The van der Waals surface area contributed by atoms with Crippen LogP contribution in [0.3, 0.4) is 0 Å². The van der Waals surface area contributed by atoms with Gasteiger partial charge in [0, 0.05) is 13.1 Å². The minimum atomic E-state index is -0.442. The van der Waals surface area contributed by atoms with E-state index in [9.17, 15) is 9.59 Å². The summed E-state index contributed by atoms with van der Waals surface area (Å²) in [5.41, 5.74) is 0.931. The summed E-state index contributed by atoms with van der Waals surface area (Å²) in [6, 6.07) is 9.06. The number of rotatable bonds is 4. The Kier molecular flexibility index (Phi) is 4.59. The molecule has 25 heavy (non-hydrogen) atoms. The maximum absolute atomic E-state index is 12.9. The molecule has 7 heteroatoms. The standard InChI is InChI=1S/C18H22N2O5/c21-16(19-10-5-9-15(19)17-24-25-17)14-8-4-11-20(14)18(22)23-12-13-6-2-1-3-7-13/h1-3,6-7,14-15,17H,4-5,8-12H2/t14-,15-/m0/s1. The Labute approximate surface area is 146 Å². The number of hydrogen-bond donors (Lipinski definition) is 0. The maximum atomic E-state index is 12.9. The summed E-state index contributed by atoms with van der Waals surface area (Å²) >= 11 is 0. The lowest BCUT2D eigenvalue weighted by atomic mass is 10.1. The number of ether oxygens (including phenoxy) is 1. The van der Waals surface area contributed by atoms with Gasteiger partial charge in [0.1, 0.15) is 12.6 Å². The fourth-order valence-corrected chi connectivity index (χ4v) is 3.74. The van der Waals surface area contributed by atoms with Gasteiger partial charge in [-0.1, -0.05) is 30.3 Å². The molecule has 3 aliphatic heterocycles. The molecule has 0 unspecified atom stereocenters. The predicted molar refractivity (Wildman–Crippen MR) is 87.0 cm³/mol. The molecular weight excluding hydrogens is 324 g/mol. The lowest BCUT2D eigenvalue weighted by Gasteiger charge is -2.29. The van der Waals surface area contributed by atoms with Crippen molar-refractivity contribution in [2.75, 3.05) is 13.1 Å². The van der Waals surface area contributed by atoms with Crippen molar-refractivity contribution in [2.24, 2.45) is 0 Å². The van der Waals surface area contributed by atoms with Gasteiger partial charge in [0.2, 0.25) is 12.2 Å². The molecular formula is C18H22N2O5. The minimum Gasteiger partial charge on any atom is -0.445 e. The third-order valence-corrected chi connectivity index (χ3v) is 5.08. The van der Waals surface area contributed by atoms with Crippen LogP contribution in [0.15, 0.2) is 30.3 Å². The monoisotopic (exact) mass is 346 g/mol. The molecule has 3 saturated heterocycles. The summed E-state index contributed by atoms with van der Waals surface area (Å²) in [4.78, 5) is 38.6. The molecule has 3 fully saturated rings. The van der Waals surface area contributed by atoms with Crippen LogP contribution in [0.2, 0.25) is 0 Å². The summed E-state index contributed by atoms with van der Waals surface area (Å²) in [6.45, 7) is 1.46. The van der Waals surface area contributed by atoms with Gasteiger partial charge in [0.05, 0.1) is 6.04 Å². The molecule has 0 spiro atoms. The van der Waals surface area contributed by atoms with Gasteiger partial charge in [-0.2, -0.15) is 9.78 Å². The number of carbonyl (C=O) groups excluding carboxylic acids is 2. The fraction of sp³-hybridized carbons (Fsp3) is 0.556. The van der Waals surface area contributed by atoms with Crippen molar-refractivity contribution in [3.05, 3.63) is 35.9 Å². The molecule has 0 bridgehead atoms. The Balaban J connectivity index is 1.37. The maximum Gasteiger partial charge on any atom is 0.410 e. The Morgan fingerprint density at radius 1 is 1.04 bits per heavy atom. The number of carbonyl (C=O) groups is 2. The number of hydrogen-bond acceptors (Lipinski definition) is 5. The van der Waals surface area contributed by atoms with Gasteiger partial charge in [-0.15, -0.1) is 0 Å². The molecule has 0 radical (unpaired) electrons. The molecule has 1 aromatic rings. The fourth-order valence-electron chi connectivity index (χ4n) is 3.74. The Bertz CT molecular complexity index is 634. The molecule has 1 aromatic carbocycles. The molecule has 0 saturated carbocycles. The quantitative estimate of drug-likeness (QED) is 0.616. The zero-order valence-electron chi connectivity index (χ0n) is 14.0. The van der Waals surface area contributed by atoms with Crippen molar-refractivity contribution >= 4 is 12.0 Å². The topological polar surface area (TPSA) is 74.9 Å². The zero-order valence-corrected chi connectivity index (χ0v) is 14.0. The van der Waals surface area contributed by atoms with E-state index >= 15 is 0 Å². The van der Waals surface area contributed by atoms with E-state index in [0.29, 0.717) is 19.5 Å². The second-order valence-corrected chi connectivity index (χ2v) is 6.69. The average molecular weight is 346 g/mol. The Morgan fingerprint density at radius 2 is 1.76 bits per heavy atom. The summed E-state index contributed by atoms with van der Waals surface area (Å²) in [6.07, 6.45) is 2.58. The van der Waals surface area contributed by atoms with Gasteiger partial charge in [0.15, 0.2) is 0 Å². The van der Waals surface area contributed by atoms with E-state index in [1.165, 1.54) is 0 Å². The Morgan fingerprint density at radius 3 is 2.52 bits per heavy atom. The third-order valence-electron chi connectivity index (χ3n) is 5.08. The molecule has 2 amide bonds. The van der Waals surface area contributed by atoms with E-state index < -0.39 is 12.1 Å². The van der Waals surface area contributed by atoms with E-state index in [1.807, 2.05) is 35.2 Å². The van der Waals surface area contributed by atoms with Crippen LogP contribution in [0.4, 0.5) is 4.79 Å². The van der Waals surface area contributed by atoms with Crippen LogP contribution in [0.5, 0.6) is 0 Å². The molecule has 3 heterocycles. The largest absolute Gasteiger partial charge is 0.445 e. The summed E-state index contributed by atoms with van der Waals surface area (Å²) in [5, 5.41) is 0. The van der Waals surface area contributed by atoms with Crippen LogP contribution < -0.4 is 0 Å². The molecule has 3 aliphatic rings. The van der Waals surface area contributed by atoms with E-state index in [-0.39, 0.29) is 24.8 Å². The van der Waals surface area contributed by atoms with Crippen molar-refractivity contribution < 1.29 is 24.1 Å². The first kappa shape index (κ1) is 16.4. The molecule has 0 N–H and O–H groups in total. The first-order valence-electron chi connectivity index (χ1n) is 8.84. The lowest BCUT2D eigenvalue weighted by Crippen LogP contribution is -2.50. The highest BCUT2D eigenvalue weighted by molar-refractivity contribution is 5.86. The van der Waals surface area contributed by atoms with Crippen molar-refractivity contribution in [1.29, 1.82) is 0 Å². The van der Waals surface area contributed by atoms with Gasteiger partial charge in [0.25, 0.3) is 0 Å². The van der Waals surface area contributed by atoms with Gasteiger partial charge in [-0.3, -0.25) is 9.69 Å². The highest BCUT2D eigenvalue weighted by Gasteiger charge is 2.47. The van der Waals surface area contributed by atoms with E-state index in [0.717, 1.165) is 24.8 Å². The van der Waals surface area contributed by atoms with Crippen LogP contribution in [0.25, 0.3) is 0 Å². The SMILES string of the molecule is O=C(OCc1ccccc1)N1CCC[C@H]1C(=O)N1CCC[C@H]1C1OO1. The second kappa shape index (κ2) is 7.01. The Hall–Kier alpha value is -2.12. The van der Waals surface area contributed by atoms with Crippen LogP contribution in [0, 0.1) is 0 Å². The van der Waals surface area contributed by atoms with E-state index in [1.54, 1.807) is 4.90 Å². The smallest absolute Gasteiger partial charge is 0.410 e. The van der Waals surface area contributed by atoms with E-state index in [4.69, 9.17) is 14.5 Å². The van der Waals surface area contributed by atoms with E-state index in [2.05, 4.69) is 0 Å². The third kappa shape index (κ3) is 3.48. The lowest BCUT2D eigenvalue weighted by molar-refractivity contribution is -0.136. The number of likely N-dealkylation sites (tertiary alicyclic amines) is 2. The van der Waals surface area contributed by atoms with Gasteiger partial charge < -0.3 is 9.64 Å². The van der Waals surface area contributed by atoms with Crippen LogP contribution in [-0.4, -0.2) is 53.3 Å². The van der Waals surface area contributed by atoms with Crippen molar-refractivity contribution in [3.8, 4) is 0 Å². The molecule has 4 rings (SSSR count). The summed E-state index contributed by atoms with van der Waals surface area (Å²) < 4.78 is 5.41. The molecule has 0 aromatic heterocycles. The molecule has 134 valence electrons.